The average molecular weight is 521 g/mol. The fraction of sp³-hybridized carbons (Fsp3) is 0.417. The van der Waals surface area contributed by atoms with Gasteiger partial charge in [0.1, 0.15) is 41.6 Å². The summed E-state index contributed by atoms with van der Waals surface area (Å²) in [5.74, 6) is -1.38. The Hall–Kier alpha value is -3.79. The van der Waals surface area contributed by atoms with Crippen LogP contribution in [0.15, 0.2) is 30.7 Å². The lowest BCUT2D eigenvalue weighted by atomic mass is 9.93. The summed E-state index contributed by atoms with van der Waals surface area (Å²) < 4.78 is 71.0. The minimum atomic E-state index is -4.86. The Labute approximate surface area is 210 Å². The molecule has 0 bridgehead atoms. The number of hydrogen-bond donors (Lipinski definition) is 1. The number of nitrogens with zero attached hydrogens (tertiary/aromatic N) is 7. The second-order valence-electron chi connectivity index (χ2n) is 9.10. The summed E-state index contributed by atoms with van der Waals surface area (Å²) in [6.07, 6.45) is -3.18. The lowest BCUT2D eigenvalue weighted by molar-refractivity contribution is -0.139. The fourth-order valence-electron chi connectivity index (χ4n) is 4.38. The second kappa shape index (κ2) is 10.3. The van der Waals surface area contributed by atoms with Crippen LogP contribution in [0.25, 0.3) is 11.3 Å². The molecule has 1 aliphatic rings. The molecule has 0 saturated carbocycles. The zero-order valence-corrected chi connectivity index (χ0v) is 20.2. The summed E-state index contributed by atoms with van der Waals surface area (Å²) in [6.45, 7) is 1.28. The molecule has 1 aliphatic heterocycles. The summed E-state index contributed by atoms with van der Waals surface area (Å²) in [7, 11) is 3.73. The van der Waals surface area contributed by atoms with Crippen molar-refractivity contribution < 1.29 is 22.0 Å². The largest absolute Gasteiger partial charge is 0.419 e. The average Bonchev–Trinajstić information content (AvgIpc) is 3.26. The number of anilines is 2. The predicted octanol–water partition coefficient (Wildman–Crippen LogP) is 3.85. The minimum absolute atomic E-state index is 0.00595. The van der Waals surface area contributed by atoms with Gasteiger partial charge in [-0.15, -0.1) is 0 Å². The number of nitrogen functional groups attached to an aromatic ring is 1. The van der Waals surface area contributed by atoms with Gasteiger partial charge < -0.3 is 20.1 Å². The van der Waals surface area contributed by atoms with Crippen molar-refractivity contribution in [2.24, 2.45) is 0 Å². The van der Waals surface area contributed by atoms with Crippen molar-refractivity contribution in [3.63, 3.8) is 0 Å². The third-order valence-electron chi connectivity index (χ3n) is 6.30. The minimum Gasteiger partial charge on any atom is -0.382 e. The summed E-state index contributed by atoms with van der Waals surface area (Å²) in [5.41, 5.74) is 4.74. The Balaban J connectivity index is 1.66. The van der Waals surface area contributed by atoms with E-state index in [-0.39, 0.29) is 35.0 Å². The number of benzene rings is 1. The molecule has 37 heavy (non-hydrogen) atoms. The van der Waals surface area contributed by atoms with E-state index >= 15 is 4.39 Å². The van der Waals surface area contributed by atoms with Gasteiger partial charge >= 0.3 is 6.18 Å². The Bertz CT molecular complexity index is 1310. The first kappa shape index (κ1) is 26.3. The number of hydrogen-bond acceptors (Lipinski definition) is 7. The van der Waals surface area contributed by atoms with E-state index in [1.807, 2.05) is 25.1 Å². The van der Waals surface area contributed by atoms with Crippen molar-refractivity contribution in [2.45, 2.75) is 31.2 Å². The van der Waals surface area contributed by atoms with E-state index in [0.717, 1.165) is 12.1 Å². The number of rotatable bonds is 6. The van der Waals surface area contributed by atoms with Crippen molar-refractivity contribution in [1.82, 2.24) is 24.4 Å². The molecule has 13 heteroatoms. The van der Waals surface area contributed by atoms with Gasteiger partial charge in [0.05, 0.1) is 23.7 Å². The highest BCUT2D eigenvalue weighted by molar-refractivity contribution is 5.64. The van der Waals surface area contributed by atoms with Crippen molar-refractivity contribution in [3.05, 3.63) is 53.5 Å². The predicted molar refractivity (Wildman–Crippen MR) is 127 cm³/mol. The Morgan fingerprint density at radius 2 is 2.00 bits per heavy atom. The molecule has 0 unspecified atom stereocenters. The topological polar surface area (TPSA) is 99.9 Å². The maximum atomic E-state index is 15.6. The van der Waals surface area contributed by atoms with Crippen LogP contribution in [-0.2, 0) is 12.7 Å². The Morgan fingerprint density at radius 1 is 1.24 bits per heavy atom. The number of halogens is 5. The molecule has 8 nitrogen and oxygen atoms in total. The highest BCUT2D eigenvalue weighted by Gasteiger charge is 2.37. The van der Waals surface area contributed by atoms with E-state index in [4.69, 9.17) is 5.73 Å². The quantitative estimate of drug-likeness (QED) is 0.493. The smallest absolute Gasteiger partial charge is 0.382 e. The van der Waals surface area contributed by atoms with Crippen molar-refractivity contribution >= 4 is 11.6 Å². The van der Waals surface area contributed by atoms with Gasteiger partial charge in [-0.05, 0) is 38.7 Å². The summed E-state index contributed by atoms with van der Waals surface area (Å²) in [6, 6.07) is 4.66. The zero-order chi connectivity index (χ0) is 26.9. The van der Waals surface area contributed by atoms with Gasteiger partial charge in [0, 0.05) is 31.4 Å². The standard InChI is InChI=1S/C24H25F5N8/c1-35(2)7-8-37-12-20(14-3-4-18(25)17(9-14)24(27,28)29)34-23(37)15-5-6-36(11-19(15)26)22-16(10-30)21(31)32-13-33-22/h3-4,9,12-13,15,19H,5-8,11H2,1-2H3,(H2,31,32,33)/t15-,19+/m1/s1. The van der Waals surface area contributed by atoms with E-state index in [9.17, 15) is 22.8 Å². The van der Waals surface area contributed by atoms with Crippen LogP contribution >= 0.6 is 0 Å². The lowest BCUT2D eigenvalue weighted by Gasteiger charge is -2.35. The number of piperidine rings is 1. The first-order valence-electron chi connectivity index (χ1n) is 11.5. The second-order valence-corrected chi connectivity index (χ2v) is 9.10. The molecule has 2 atom stereocenters. The SMILES string of the molecule is CN(C)CCn1cc(-c2ccc(F)c(C(F)(F)F)c2)nc1[C@@H]1CCN(c2ncnc(N)c2C#N)C[C@@H]1F. The third-order valence-corrected chi connectivity index (χ3v) is 6.30. The molecule has 2 N–H and O–H groups in total. The number of alkyl halides is 4. The molecule has 2 aromatic heterocycles. The molecule has 3 heterocycles. The summed E-state index contributed by atoms with van der Waals surface area (Å²) >= 11 is 0. The first-order chi connectivity index (χ1) is 17.5. The number of likely N-dealkylation sites (N-methyl/N-ethyl adjacent to an activating group) is 1. The zero-order valence-electron chi connectivity index (χ0n) is 20.2. The van der Waals surface area contributed by atoms with Crippen molar-refractivity contribution in [3.8, 4) is 17.3 Å². The van der Waals surface area contributed by atoms with Gasteiger partial charge in [0.15, 0.2) is 5.82 Å². The number of aromatic nitrogens is 4. The van der Waals surface area contributed by atoms with E-state index in [0.29, 0.717) is 31.9 Å². The number of nitrogens with two attached hydrogens (primary N) is 1. The molecular formula is C24H25F5N8. The lowest BCUT2D eigenvalue weighted by Crippen LogP contribution is -2.42. The maximum Gasteiger partial charge on any atom is 0.419 e. The molecule has 0 aliphatic carbocycles. The van der Waals surface area contributed by atoms with Gasteiger partial charge in [-0.2, -0.15) is 18.4 Å². The van der Waals surface area contributed by atoms with Crippen LogP contribution in [0.1, 0.15) is 29.3 Å². The highest BCUT2D eigenvalue weighted by Crippen LogP contribution is 2.37. The van der Waals surface area contributed by atoms with E-state index in [1.54, 1.807) is 15.7 Å². The Morgan fingerprint density at radius 3 is 2.65 bits per heavy atom. The van der Waals surface area contributed by atoms with E-state index in [2.05, 4.69) is 15.0 Å². The van der Waals surface area contributed by atoms with Crippen LogP contribution in [0, 0.1) is 17.1 Å². The molecule has 196 valence electrons. The molecule has 1 aromatic carbocycles. The van der Waals surface area contributed by atoms with Crippen LogP contribution in [-0.4, -0.2) is 64.3 Å². The number of nitriles is 1. The highest BCUT2D eigenvalue weighted by atomic mass is 19.4. The molecule has 1 saturated heterocycles. The molecule has 4 rings (SSSR count). The molecule has 0 amide bonds. The van der Waals surface area contributed by atoms with Crippen LogP contribution in [0.2, 0.25) is 0 Å². The monoisotopic (exact) mass is 520 g/mol. The van der Waals surface area contributed by atoms with Crippen LogP contribution < -0.4 is 10.6 Å². The normalized spacial score (nSPS) is 18.3. The van der Waals surface area contributed by atoms with E-state index < -0.39 is 29.6 Å². The molecule has 3 aromatic rings. The summed E-state index contributed by atoms with van der Waals surface area (Å²) in [4.78, 5) is 16.0. The van der Waals surface area contributed by atoms with Crippen LogP contribution in [0.5, 0.6) is 0 Å². The fourth-order valence-corrected chi connectivity index (χ4v) is 4.38. The molecule has 1 fully saturated rings. The molecular weight excluding hydrogens is 495 g/mol. The summed E-state index contributed by atoms with van der Waals surface area (Å²) in [5, 5.41) is 9.42. The first-order valence-corrected chi connectivity index (χ1v) is 11.5. The van der Waals surface area contributed by atoms with E-state index in [1.165, 1.54) is 12.4 Å². The molecule has 0 spiro atoms. The number of imidazole rings is 1. The third kappa shape index (κ3) is 5.48. The van der Waals surface area contributed by atoms with Crippen molar-refractivity contribution in [2.75, 3.05) is 44.4 Å². The van der Waals surface area contributed by atoms with Gasteiger partial charge in [0.25, 0.3) is 0 Å². The van der Waals surface area contributed by atoms with Crippen LogP contribution in [0.4, 0.5) is 33.6 Å². The van der Waals surface area contributed by atoms with Gasteiger partial charge in [0.2, 0.25) is 0 Å². The van der Waals surface area contributed by atoms with Crippen molar-refractivity contribution in [1.29, 1.82) is 5.26 Å². The van der Waals surface area contributed by atoms with Gasteiger partial charge in [-0.25, -0.2) is 23.7 Å². The van der Waals surface area contributed by atoms with Gasteiger partial charge in [-0.3, -0.25) is 0 Å². The van der Waals surface area contributed by atoms with Crippen LogP contribution in [0.3, 0.4) is 0 Å². The molecule has 0 radical (unpaired) electrons. The maximum absolute atomic E-state index is 15.6. The van der Waals surface area contributed by atoms with Gasteiger partial charge in [-0.1, -0.05) is 0 Å². The Kier molecular flexibility index (Phi) is 7.31.